The molecular weight excluding hydrogens is 226 g/mol. The highest BCUT2D eigenvalue weighted by atomic mass is 16.1. The topological polar surface area (TPSA) is 59.2 Å². The van der Waals surface area contributed by atoms with Gasteiger partial charge in [-0.3, -0.25) is 14.7 Å². The Morgan fingerprint density at radius 2 is 2.33 bits per heavy atom. The number of nitrogens with two attached hydrogens (primary N) is 1. The lowest BCUT2D eigenvalue weighted by Gasteiger charge is -2.42. The van der Waals surface area contributed by atoms with Crippen molar-refractivity contribution in [1.29, 1.82) is 0 Å². The highest BCUT2D eigenvalue weighted by Crippen LogP contribution is 2.29. The number of hydrogen-bond donors (Lipinski definition) is 1. The molecule has 2 heterocycles. The van der Waals surface area contributed by atoms with Crippen molar-refractivity contribution in [2.24, 2.45) is 5.73 Å². The summed E-state index contributed by atoms with van der Waals surface area (Å²) in [6.07, 6.45) is 4.84. The van der Waals surface area contributed by atoms with Crippen LogP contribution in [0.1, 0.15) is 37.4 Å². The number of aromatic nitrogens is 1. The summed E-state index contributed by atoms with van der Waals surface area (Å²) in [5, 5.41) is 0. The number of rotatable bonds is 3. The molecule has 1 saturated heterocycles. The van der Waals surface area contributed by atoms with Crippen molar-refractivity contribution in [1.82, 2.24) is 9.88 Å². The van der Waals surface area contributed by atoms with Crippen molar-refractivity contribution < 1.29 is 4.79 Å². The second kappa shape index (κ2) is 5.06. The van der Waals surface area contributed by atoms with Gasteiger partial charge in [0.15, 0.2) is 0 Å². The maximum Gasteiger partial charge on any atom is 0.237 e. The maximum absolute atomic E-state index is 11.7. The van der Waals surface area contributed by atoms with Crippen LogP contribution >= 0.6 is 0 Å². The summed E-state index contributed by atoms with van der Waals surface area (Å²) in [6.45, 7) is 5.63. The largest absolute Gasteiger partial charge is 0.368 e. The molecule has 0 saturated carbocycles. The van der Waals surface area contributed by atoms with Crippen molar-refractivity contribution >= 4 is 5.91 Å². The third kappa shape index (κ3) is 2.38. The molecule has 1 aromatic rings. The number of piperidine rings is 1. The molecular formula is C14H21N3O. The third-order valence-corrected chi connectivity index (χ3v) is 4.05. The number of primary amides is 1. The van der Waals surface area contributed by atoms with Gasteiger partial charge in [0.2, 0.25) is 5.91 Å². The first kappa shape index (κ1) is 13.0. The van der Waals surface area contributed by atoms with E-state index < -0.39 is 5.54 Å². The van der Waals surface area contributed by atoms with Gasteiger partial charge in [-0.1, -0.05) is 6.07 Å². The summed E-state index contributed by atoms with van der Waals surface area (Å²) in [4.78, 5) is 18.2. The van der Waals surface area contributed by atoms with Gasteiger partial charge in [0, 0.05) is 18.4 Å². The molecule has 1 atom stereocenters. The maximum atomic E-state index is 11.7. The van der Waals surface area contributed by atoms with Gasteiger partial charge in [0.25, 0.3) is 0 Å². The van der Waals surface area contributed by atoms with E-state index in [0.29, 0.717) is 0 Å². The van der Waals surface area contributed by atoms with Gasteiger partial charge in [-0.25, -0.2) is 0 Å². The number of hydrogen-bond acceptors (Lipinski definition) is 3. The van der Waals surface area contributed by atoms with Crippen LogP contribution in [0.5, 0.6) is 0 Å². The van der Waals surface area contributed by atoms with E-state index in [9.17, 15) is 4.79 Å². The molecule has 2 N–H and O–H groups in total. The van der Waals surface area contributed by atoms with Gasteiger partial charge in [-0.2, -0.15) is 0 Å². The zero-order valence-corrected chi connectivity index (χ0v) is 11.1. The second-order valence-corrected chi connectivity index (χ2v) is 5.26. The van der Waals surface area contributed by atoms with E-state index in [1.54, 1.807) is 6.20 Å². The summed E-state index contributed by atoms with van der Waals surface area (Å²) >= 11 is 0. The van der Waals surface area contributed by atoms with Crippen LogP contribution in [0.2, 0.25) is 0 Å². The fraction of sp³-hybridized carbons (Fsp3) is 0.571. The molecule has 0 bridgehead atoms. The molecule has 18 heavy (non-hydrogen) atoms. The normalized spacial score (nSPS) is 25.0. The molecule has 0 aromatic carbocycles. The Bertz CT molecular complexity index is 446. The lowest BCUT2D eigenvalue weighted by atomic mass is 9.87. The number of pyridine rings is 1. The van der Waals surface area contributed by atoms with E-state index in [1.165, 1.54) is 5.56 Å². The number of amides is 1. The molecule has 4 heteroatoms. The van der Waals surface area contributed by atoms with Crippen LogP contribution in [0.3, 0.4) is 0 Å². The zero-order valence-electron chi connectivity index (χ0n) is 11.1. The number of carbonyl (C=O) groups is 1. The van der Waals surface area contributed by atoms with E-state index in [1.807, 2.05) is 19.9 Å². The Labute approximate surface area is 108 Å². The first-order valence-corrected chi connectivity index (χ1v) is 6.49. The minimum Gasteiger partial charge on any atom is -0.368 e. The summed E-state index contributed by atoms with van der Waals surface area (Å²) in [5.41, 5.74) is 7.27. The fourth-order valence-corrected chi connectivity index (χ4v) is 2.60. The molecule has 1 amide bonds. The molecule has 1 aliphatic heterocycles. The molecule has 1 fully saturated rings. The smallest absolute Gasteiger partial charge is 0.237 e. The summed E-state index contributed by atoms with van der Waals surface area (Å²) < 4.78 is 0. The Hall–Kier alpha value is -1.42. The predicted molar refractivity (Wildman–Crippen MR) is 70.8 cm³/mol. The lowest BCUT2D eigenvalue weighted by molar-refractivity contribution is -0.132. The highest BCUT2D eigenvalue weighted by Gasteiger charge is 2.39. The molecule has 1 unspecified atom stereocenters. The van der Waals surface area contributed by atoms with Crippen LogP contribution in [0.4, 0.5) is 0 Å². The van der Waals surface area contributed by atoms with E-state index in [-0.39, 0.29) is 5.91 Å². The van der Waals surface area contributed by atoms with Crippen molar-refractivity contribution in [2.45, 2.75) is 45.2 Å². The van der Waals surface area contributed by atoms with E-state index in [4.69, 9.17) is 5.73 Å². The number of aryl methyl sites for hydroxylation is 1. The number of nitrogens with zero attached hydrogens (tertiary/aromatic N) is 2. The van der Waals surface area contributed by atoms with Gasteiger partial charge in [-0.15, -0.1) is 0 Å². The van der Waals surface area contributed by atoms with Gasteiger partial charge in [0.1, 0.15) is 0 Å². The summed E-state index contributed by atoms with van der Waals surface area (Å²) in [5.74, 6) is -0.219. The molecule has 1 aromatic heterocycles. The molecule has 0 spiro atoms. The van der Waals surface area contributed by atoms with Crippen LogP contribution in [0.25, 0.3) is 0 Å². The zero-order chi connectivity index (χ0) is 13.2. The number of likely N-dealkylation sites (tertiary alicyclic amines) is 1. The van der Waals surface area contributed by atoms with E-state index >= 15 is 0 Å². The predicted octanol–water partition coefficient (Wildman–Crippen LogP) is 1.62. The quantitative estimate of drug-likeness (QED) is 0.883. The molecule has 4 nitrogen and oxygen atoms in total. The van der Waals surface area contributed by atoms with Crippen molar-refractivity contribution in [3.63, 3.8) is 0 Å². The van der Waals surface area contributed by atoms with Crippen molar-refractivity contribution in [3.05, 3.63) is 29.6 Å². The fourth-order valence-electron chi connectivity index (χ4n) is 2.60. The Morgan fingerprint density at radius 1 is 1.56 bits per heavy atom. The van der Waals surface area contributed by atoms with Crippen LogP contribution in [-0.4, -0.2) is 27.9 Å². The Balaban J connectivity index is 2.21. The van der Waals surface area contributed by atoms with Gasteiger partial charge in [-0.05, 0) is 51.3 Å². The lowest BCUT2D eigenvalue weighted by Crippen LogP contribution is -2.57. The van der Waals surface area contributed by atoms with Crippen LogP contribution in [0, 0.1) is 6.92 Å². The minimum atomic E-state index is -0.513. The highest BCUT2D eigenvalue weighted by molar-refractivity contribution is 5.84. The number of carbonyl (C=O) groups excluding carboxylic acids is 1. The monoisotopic (exact) mass is 247 g/mol. The van der Waals surface area contributed by atoms with Gasteiger partial charge in [0.05, 0.1) is 5.54 Å². The average molecular weight is 247 g/mol. The van der Waals surface area contributed by atoms with E-state index in [0.717, 1.165) is 38.0 Å². The van der Waals surface area contributed by atoms with Crippen molar-refractivity contribution in [3.8, 4) is 0 Å². The minimum absolute atomic E-state index is 0.219. The summed E-state index contributed by atoms with van der Waals surface area (Å²) in [7, 11) is 0. The standard InChI is InChI=1S/C14H21N3O/c1-11-12(6-5-8-16-11)10-17-9-4-3-7-14(17,2)13(15)18/h5-6,8H,3-4,7,9-10H2,1-2H3,(H2,15,18). The molecule has 2 rings (SSSR count). The van der Waals surface area contributed by atoms with E-state index in [2.05, 4.69) is 16.0 Å². The van der Waals surface area contributed by atoms with Crippen LogP contribution in [0.15, 0.2) is 18.3 Å². The Morgan fingerprint density at radius 3 is 3.00 bits per heavy atom. The molecule has 0 radical (unpaired) electrons. The van der Waals surface area contributed by atoms with Gasteiger partial charge < -0.3 is 5.73 Å². The van der Waals surface area contributed by atoms with Gasteiger partial charge >= 0.3 is 0 Å². The molecule has 98 valence electrons. The van der Waals surface area contributed by atoms with Crippen molar-refractivity contribution in [2.75, 3.05) is 6.54 Å². The first-order valence-electron chi connectivity index (χ1n) is 6.49. The summed E-state index contributed by atoms with van der Waals surface area (Å²) in [6, 6.07) is 4.01. The second-order valence-electron chi connectivity index (χ2n) is 5.26. The third-order valence-electron chi connectivity index (χ3n) is 4.05. The SMILES string of the molecule is Cc1ncccc1CN1CCCCC1(C)C(N)=O. The van der Waals surface area contributed by atoms with Crippen LogP contribution < -0.4 is 5.73 Å². The first-order chi connectivity index (χ1) is 8.54. The molecule has 0 aliphatic carbocycles. The average Bonchev–Trinajstić information content (AvgIpc) is 2.34. The van der Waals surface area contributed by atoms with Crippen LogP contribution in [-0.2, 0) is 11.3 Å². The molecule has 1 aliphatic rings. The Kier molecular flexibility index (Phi) is 3.66.